The first-order valence-electron chi connectivity index (χ1n) is 12.1. The largest absolute Gasteiger partial charge is 1.00 e. The number of halogens is 1. The Labute approximate surface area is 222 Å². The minimum atomic E-state index is -0.415. The molecule has 0 unspecified atom stereocenters. The van der Waals surface area contributed by atoms with Gasteiger partial charge < -0.3 is 31.4 Å². The molecule has 7 heteroatoms. The third kappa shape index (κ3) is 4.36. The average Bonchev–Trinajstić information content (AvgIpc) is 3.33. The molecule has 3 heterocycles. The molecule has 0 amide bonds. The number of benzene rings is 3. The van der Waals surface area contributed by atoms with Crippen molar-refractivity contribution in [3.8, 4) is 34.3 Å². The number of aromatic nitrogens is 1. The molecule has 2 aliphatic rings. The van der Waals surface area contributed by atoms with E-state index in [-0.39, 0.29) is 24.6 Å². The van der Waals surface area contributed by atoms with Gasteiger partial charge in [0.15, 0.2) is 35.7 Å². The molecule has 0 spiro atoms. The van der Waals surface area contributed by atoms with Gasteiger partial charge in [-0.3, -0.25) is 0 Å². The number of rotatable bonds is 3. The summed E-state index contributed by atoms with van der Waals surface area (Å²) in [5.41, 5.74) is 5.11. The van der Waals surface area contributed by atoms with Gasteiger partial charge in [0.25, 0.3) is 0 Å². The topological polar surface area (TPSA) is 57.9 Å². The highest BCUT2D eigenvalue weighted by Crippen LogP contribution is 2.42. The van der Waals surface area contributed by atoms with Gasteiger partial charge in [-0.1, -0.05) is 32.9 Å². The van der Waals surface area contributed by atoms with Crippen LogP contribution >= 0.6 is 0 Å². The minimum Gasteiger partial charge on any atom is -1.00 e. The fraction of sp³-hybridized carbons (Fsp3) is 0.267. The normalized spacial score (nSPS) is 13.4. The Morgan fingerprint density at radius 2 is 1.70 bits per heavy atom. The van der Waals surface area contributed by atoms with Crippen LogP contribution in [0, 0.1) is 0 Å². The molecule has 6 rings (SSSR count). The van der Waals surface area contributed by atoms with E-state index < -0.39 is 5.97 Å². The second kappa shape index (κ2) is 9.27. The van der Waals surface area contributed by atoms with Crippen LogP contribution in [-0.2, 0) is 18.4 Å². The zero-order valence-electron chi connectivity index (χ0n) is 21.3. The summed E-state index contributed by atoms with van der Waals surface area (Å²) in [4.78, 5) is 13.1. The lowest BCUT2D eigenvalue weighted by molar-refractivity contribution is -0.686. The van der Waals surface area contributed by atoms with Crippen molar-refractivity contribution in [3.05, 3.63) is 77.5 Å². The van der Waals surface area contributed by atoms with Gasteiger partial charge in [-0.2, -0.15) is 4.57 Å². The minimum absolute atomic E-state index is 0. The zero-order chi connectivity index (χ0) is 25.0. The Morgan fingerprint density at radius 1 is 0.973 bits per heavy atom. The number of esters is 1. The number of aryl methyl sites for hydroxylation is 2. The first kappa shape index (κ1) is 24.9. The van der Waals surface area contributed by atoms with Gasteiger partial charge in [-0.25, -0.2) is 4.79 Å². The van der Waals surface area contributed by atoms with E-state index >= 15 is 0 Å². The SMILES string of the molecule is COc1ccc2cc3[n+](cc2c1OC(=O)c1ccc(C(C)(C)C)cc1)CCc1cc2c(cc1-3)OCO2.[Cl-]. The Kier molecular flexibility index (Phi) is 6.24. The highest BCUT2D eigenvalue weighted by molar-refractivity contribution is 5.97. The zero-order valence-corrected chi connectivity index (χ0v) is 22.0. The van der Waals surface area contributed by atoms with Gasteiger partial charge in [0, 0.05) is 12.5 Å². The number of ether oxygens (including phenoxy) is 4. The summed E-state index contributed by atoms with van der Waals surface area (Å²) in [6.07, 6.45) is 2.92. The molecule has 1 aromatic heterocycles. The van der Waals surface area contributed by atoms with E-state index in [1.165, 1.54) is 5.56 Å². The van der Waals surface area contributed by atoms with Crippen LogP contribution in [0.1, 0.15) is 42.3 Å². The van der Waals surface area contributed by atoms with Gasteiger partial charge in [0.2, 0.25) is 12.5 Å². The van der Waals surface area contributed by atoms with Crippen molar-refractivity contribution in [1.29, 1.82) is 0 Å². The number of hydrogen-bond acceptors (Lipinski definition) is 5. The van der Waals surface area contributed by atoms with Crippen molar-refractivity contribution in [2.45, 2.75) is 39.2 Å². The van der Waals surface area contributed by atoms with E-state index in [0.717, 1.165) is 52.1 Å². The number of nitrogens with zero attached hydrogens (tertiary/aromatic N) is 1. The summed E-state index contributed by atoms with van der Waals surface area (Å²) in [6.45, 7) is 7.49. The molecule has 190 valence electrons. The van der Waals surface area contributed by atoms with Crippen LogP contribution in [-0.4, -0.2) is 19.9 Å². The maximum atomic E-state index is 13.1. The van der Waals surface area contributed by atoms with Crippen LogP contribution in [0.5, 0.6) is 23.0 Å². The first-order chi connectivity index (χ1) is 17.3. The summed E-state index contributed by atoms with van der Waals surface area (Å²) in [7, 11) is 1.58. The van der Waals surface area contributed by atoms with E-state index in [1.54, 1.807) is 7.11 Å². The molecule has 0 saturated carbocycles. The van der Waals surface area contributed by atoms with Crippen LogP contribution in [0.4, 0.5) is 0 Å². The highest BCUT2D eigenvalue weighted by atomic mass is 35.5. The predicted molar refractivity (Wildman–Crippen MR) is 136 cm³/mol. The molecule has 0 aliphatic carbocycles. The van der Waals surface area contributed by atoms with Crippen molar-refractivity contribution in [2.24, 2.45) is 0 Å². The van der Waals surface area contributed by atoms with Crippen LogP contribution in [0.15, 0.2) is 60.8 Å². The quantitative estimate of drug-likeness (QED) is 0.237. The molecule has 0 radical (unpaired) electrons. The standard InChI is InChI=1S/C30H28NO5.ClH/c1-30(2,3)21-8-5-18(6-9-21)29(32)36-28-23-16-31-12-11-20-14-26-27(35-17-34-26)15-22(20)24(31)13-19(23)7-10-25(28)33-4;/h5-10,13-16H,11-12,17H2,1-4H3;1H/q+1;/p-1. The third-order valence-corrected chi connectivity index (χ3v) is 6.98. The monoisotopic (exact) mass is 517 g/mol. The molecule has 0 atom stereocenters. The summed E-state index contributed by atoms with van der Waals surface area (Å²) in [6, 6.07) is 17.7. The molecule has 0 bridgehead atoms. The summed E-state index contributed by atoms with van der Waals surface area (Å²) in [5, 5.41) is 1.78. The van der Waals surface area contributed by atoms with Gasteiger partial charge in [0.05, 0.1) is 23.6 Å². The maximum absolute atomic E-state index is 13.1. The van der Waals surface area contributed by atoms with E-state index in [4.69, 9.17) is 18.9 Å². The molecule has 0 saturated heterocycles. The number of hydrogen-bond donors (Lipinski definition) is 0. The second-order valence-electron chi connectivity index (χ2n) is 10.3. The molecule has 2 aliphatic heterocycles. The maximum Gasteiger partial charge on any atom is 0.343 e. The molecule has 6 nitrogen and oxygen atoms in total. The smallest absolute Gasteiger partial charge is 0.343 e. The first-order valence-corrected chi connectivity index (χ1v) is 12.1. The molecule has 37 heavy (non-hydrogen) atoms. The van der Waals surface area contributed by atoms with Crippen LogP contribution in [0.25, 0.3) is 22.0 Å². The average molecular weight is 518 g/mol. The number of fused-ring (bicyclic) bond motifs is 5. The van der Waals surface area contributed by atoms with Gasteiger partial charge in [-0.05, 0) is 58.3 Å². The van der Waals surface area contributed by atoms with E-state index in [0.29, 0.717) is 17.1 Å². The molecule has 0 fully saturated rings. The van der Waals surface area contributed by atoms with Crippen LogP contribution in [0.3, 0.4) is 0 Å². The lowest BCUT2D eigenvalue weighted by Gasteiger charge is -2.19. The van der Waals surface area contributed by atoms with E-state index in [2.05, 4.69) is 43.5 Å². The Balaban J connectivity index is 0.00000280. The third-order valence-electron chi connectivity index (χ3n) is 6.98. The fourth-order valence-corrected chi connectivity index (χ4v) is 4.92. The van der Waals surface area contributed by atoms with Crippen LogP contribution < -0.4 is 35.9 Å². The lowest BCUT2D eigenvalue weighted by atomic mass is 9.87. The van der Waals surface area contributed by atoms with Crippen molar-refractivity contribution in [3.63, 3.8) is 0 Å². The lowest BCUT2D eigenvalue weighted by Crippen LogP contribution is -3.00. The summed E-state index contributed by atoms with van der Waals surface area (Å²) in [5.74, 6) is 2.09. The van der Waals surface area contributed by atoms with Gasteiger partial charge in [-0.15, -0.1) is 0 Å². The highest BCUT2D eigenvalue weighted by Gasteiger charge is 2.29. The van der Waals surface area contributed by atoms with Crippen LogP contribution in [0.2, 0.25) is 0 Å². The van der Waals surface area contributed by atoms with E-state index in [9.17, 15) is 4.79 Å². The van der Waals surface area contributed by atoms with Gasteiger partial charge >= 0.3 is 5.97 Å². The second-order valence-corrected chi connectivity index (χ2v) is 10.3. The fourth-order valence-electron chi connectivity index (χ4n) is 4.92. The Bertz CT molecular complexity index is 1520. The predicted octanol–water partition coefficient (Wildman–Crippen LogP) is 2.61. The Hall–Kier alpha value is -3.77. The number of carbonyl (C=O) groups is 1. The van der Waals surface area contributed by atoms with Crippen molar-refractivity contribution in [2.75, 3.05) is 13.9 Å². The van der Waals surface area contributed by atoms with Crippen molar-refractivity contribution < 1.29 is 40.7 Å². The van der Waals surface area contributed by atoms with Crippen molar-refractivity contribution in [1.82, 2.24) is 0 Å². The van der Waals surface area contributed by atoms with Gasteiger partial charge in [0.1, 0.15) is 0 Å². The number of pyridine rings is 1. The summed E-state index contributed by atoms with van der Waals surface area (Å²) >= 11 is 0. The number of methoxy groups -OCH3 is 1. The molecule has 3 aromatic carbocycles. The summed E-state index contributed by atoms with van der Waals surface area (Å²) < 4.78 is 24.9. The molecular weight excluding hydrogens is 490 g/mol. The molecule has 4 aromatic rings. The number of carbonyl (C=O) groups excluding carboxylic acids is 1. The van der Waals surface area contributed by atoms with Crippen molar-refractivity contribution >= 4 is 16.7 Å². The molecular formula is C30H28ClNO5. The Morgan fingerprint density at radius 3 is 2.41 bits per heavy atom. The van der Waals surface area contributed by atoms with E-state index in [1.807, 2.05) is 42.6 Å². The molecule has 0 N–H and O–H groups in total.